The predicted octanol–water partition coefficient (Wildman–Crippen LogP) is 4.25. The number of aromatic nitrogens is 2. The summed E-state index contributed by atoms with van der Waals surface area (Å²) < 4.78 is 0. The molecule has 28 heavy (non-hydrogen) atoms. The maximum atomic E-state index is 12.9. The highest BCUT2D eigenvalue weighted by Crippen LogP contribution is 2.31. The molecule has 6 nitrogen and oxygen atoms in total. The first-order chi connectivity index (χ1) is 13.5. The normalized spacial score (nSPS) is 10.8. The van der Waals surface area contributed by atoms with E-state index in [0.717, 1.165) is 27.7 Å². The molecule has 1 heterocycles. The molecule has 0 radical (unpaired) electrons. The van der Waals surface area contributed by atoms with Crippen LogP contribution in [0.3, 0.4) is 0 Å². The predicted molar refractivity (Wildman–Crippen MR) is 112 cm³/mol. The van der Waals surface area contributed by atoms with E-state index in [4.69, 9.17) is 0 Å². The third-order valence-corrected chi connectivity index (χ3v) is 4.61. The van der Waals surface area contributed by atoms with Crippen LogP contribution >= 0.6 is 0 Å². The van der Waals surface area contributed by atoms with Crippen LogP contribution in [0.1, 0.15) is 10.4 Å². The summed E-state index contributed by atoms with van der Waals surface area (Å²) in [7, 11) is 3.87. The topological polar surface area (TPSA) is 81.3 Å². The number of carbonyl (C=O) groups is 1. The van der Waals surface area contributed by atoms with Gasteiger partial charge in [-0.25, -0.2) is 0 Å². The Labute approximate surface area is 162 Å². The Kier molecular flexibility index (Phi) is 4.45. The highest BCUT2D eigenvalue weighted by Gasteiger charge is 2.13. The van der Waals surface area contributed by atoms with Gasteiger partial charge in [0.05, 0.1) is 17.4 Å². The molecule has 0 atom stereocenters. The fourth-order valence-electron chi connectivity index (χ4n) is 3.13. The minimum absolute atomic E-state index is 0.188. The lowest BCUT2D eigenvalue weighted by atomic mass is 10.0. The Hall–Kier alpha value is -3.80. The highest BCUT2D eigenvalue weighted by atomic mass is 16.3. The second kappa shape index (κ2) is 7.08. The molecule has 0 fully saturated rings. The van der Waals surface area contributed by atoms with Crippen molar-refractivity contribution in [2.45, 2.75) is 0 Å². The summed E-state index contributed by atoms with van der Waals surface area (Å²) in [4.78, 5) is 14.8. The molecule has 6 heteroatoms. The molecule has 4 rings (SSSR count). The number of amides is 1. The first kappa shape index (κ1) is 17.6. The Morgan fingerprint density at radius 3 is 2.64 bits per heavy atom. The SMILES string of the molecule is CN(C)c1cccc(C(=O)Nc2cc(-c3cccc(O)c3)cc3[nH]ncc23)c1. The summed E-state index contributed by atoms with van der Waals surface area (Å²) in [5.74, 6) is -0.00690. The number of aromatic hydroxyl groups is 1. The number of phenolic OH excluding ortho intramolecular Hbond substituents is 1. The molecule has 3 aromatic carbocycles. The lowest BCUT2D eigenvalue weighted by Gasteiger charge is -2.14. The van der Waals surface area contributed by atoms with Crippen molar-refractivity contribution >= 4 is 28.2 Å². The van der Waals surface area contributed by atoms with Crippen LogP contribution < -0.4 is 10.2 Å². The molecular weight excluding hydrogens is 352 g/mol. The maximum absolute atomic E-state index is 12.9. The Bertz CT molecular complexity index is 1160. The lowest BCUT2D eigenvalue weighted by molar-refractivity contribution is 0.102. The van der Waals surface area contributed by atoms with Gasteiger partial charge < -0.3 is 15.3 Å². The fraction of sp³-hybridized carbons (Fsp3) is 0.0909. The number of carbonyl (C=O) groups excluding carboxylic acids is 1. The summed E-state index contributed by atoms with van der Waals surface area (Å²) >= 11 is 0. The van der Waals surface area contributed by atoms with Crippen LogP contribution in [0.25, 0.3) is 22.0 Å². The van der Waals surface area contributed by atoms with E-state index in [0.29, 0.717) is 11.3 Å². The zero-order valence-corrected chi connectivity index (χ0v) is 15.6. The van der Waals surface area contributed by atoms with E-state index >= 15 is 0 Å². The van der Waals surface area contributed by atoms with Crippen molar-refractivity contribution in [3.8, 4) is 16.9 Å². The van der Waals surface area contributed by atoms with Crippen LogP contribution in [0, 0.1) is 0 Å². The molecule has 0 spiro atoms. The average molecular weight is 372 g/mol. The number of anilines is 2. The molecule has 0 bridgehead atoms. The minimum atomic E-state index is -0.195. The van der Waals surface area contributed by atoms with E-state index in [1.54, 1.807) is 30.5 Å². The number of nitrogens with zero attached hydrogens (tertiary/aromatic N) is 2. The van der Waals surface area contributed by atoms with Crippen molar-refractivity contribution in [3.63, 3.8) is 0 Å². The molecule has 0 saturated carbocycles. The van der Waals surface area contributed by atoms with Crippen LogP contribution in [0.2, 0.25) is 0 Å². The van der Waals surface area contributed by atoms with Gasteiger partial charge in [0.2, 0.25) is 0 Å². The van der Waals surface area contributed by atoms with Gasteiger partial charge in [0.25, 0.3) is 5.91 Å². The third-order valence-electron chi connectivity index (χ3n) is 4.61. The molecule has 0 aliphatic heterocycles. The van der Waals surface area contributed by atoms with Gasteiger partial charge >= 0.3 is 0 Å². The number of rotatable bonds is 4. The Balaban J connectivity index is 1.73. The number of hydrogen-bond donors (Lipinski definition) is 3. The summed E-state index contributed by atoms with van der Waals surface area (Å²) in [6.07, 6.45) is 1.69. The van der Waals surface area contributed by atoms with Crippen molar-refractivity contribution in [1.29, 1.82) is 0 Å². The molecular formula is C22H20N4O2. The number of phenols is 1. The quantitative estimate of drug-likeness (QED) is 0.500. The van der Waals surface area contributed by atoms with Gasteiger partial charge in [-0.05, 0) is 53.6 Å². The first-order valence-electron chi connectivity index (χ1n) is 8.86. The number of aromatic amines is 1. The molecule has 140 valence electrons. The second-order valence-electron chi connectivity index (χ2n) is 6.80. The summed E-state index contributed by atoms with van der Waals surface area (Å²) in [5, 5.41) is 20.7. The molecule has 0 aliphatic carbocycles. The Morgan fingerprint density at radius 1 is 1.04 bits per heavy atom. The average Bonchev–Trinajstić information content (AvgIpc) is 3.17. The van der Waals surface area contributed by atoms with Crippen LogP contribution in [-0.2, 0) is 0 Å². The van der Waals surface area contributed by atoms with E-state index in [2.05, 4.69) is 15.5 Å². The smallest absolute Gasteiger partial charge is 0.255 e. The zero-order valence-electron chi connectivity index (χ0n) is 15.6. The van der Waals surface area contributed by atoms with Gasteiger partial charge in [-0.3, -0.25) is 9.89 Å². The number of benzene rings is 3. The molecule has 0 saturated heterocycles. The third kappa shape index (κ3) is 3.40. The number of fused-ring (bicyclic) bond motifs is 1. The number of nitrogens with one attached hydrogen (secondary N) is 2. The van der Waals surface area contributed by atoms with E-state index in [9.17, 15) is 9.90 Å². The summed E-state index contributed by atoms with van der Waals surface area (Å²) in [6.45, 7) is 0. The number of hydrogen-bond acceptors (Lipinski definition) is 4. The van der Waals surface area contributed by atoms with E-state index in [1.807, 2.05) is 55.4 Å². The van der Waals surface area contributed by atoms with Crippen LogP contribution in [-0.4, -0.2) is 35.3 Å². The van der Waals surface area contributed by atoms with Crippen LogP contribution in [0.5, 0.6) is 5.75 Å². The largest absolute Gasteiger partial charge is 0.508 e. The Morgan fingerprint density at radius 2 is 1.86 bits per heavy atom. The monoisotopic (exact) mass is 372 g/mol. The van der Waals surface area contributed by atoms with Crippen molar-refractivity contribution in [1.82, 2.24) is 10.2 Å². The minimum Gasteiger partial charge on any atom is -0.508 e. The maximum Gasteiger partial charge on any atom is 0.255 e. The van der Waals surface area contributed by atoms with Crippen LogP contribution in [0.15, 0.2) is 66.9 Å². The molecule has 0 unspecified atom stereocenters. The van der Waals surface area contributed by atoms with Crippen molar-refractivity contribution in [2.24, 2.45) is 0 Å². The fourth-order valence-corrected chi connectivity index (χ4v) is 3.13. The van der Waals surface area contributed by atoms with Gasteiger partial charge in [-0.15, -0.1) is 0 Å². The first-order valence-corrected chi connectivity index (χ1v) is 8.86. The van der Waals surface area contributed by atoms with E-state index < -0.39 is 0 Å². The van der Waals surface area contributed by atoms with E-state index in [1.165, 1.54) is 0 Å². The van der Waals surface area contributed by atoms with Crippen molar-refractivity contribution in [2.75, 3.05) is 24.3 Å². The van der Waals surface area contributed by atoms with Gasteiger partial charge in [0.1, 0.15) is 5.75 Å². The molecule has 0 aliphatic rings. The van der Waals surface area contributed by atoms with Crippen LogP contribution in [0.4, 0.5) is 11.4 Å². The van der Waals surface area contributed by atoms with Gasteiger partial charge in [0, 0.05) is 30.7 Å². The highest BCUT2D eigenvalue weighted by molar-refractivity contribution is 6.10. The van der Waals surface area contributed by atoms with E-state index in [-0.39, 0.29) is 11.7 Å². The van der Waals surface area contributed by atoms with Gasteiger partial charge in [0.15, 0.2) is 0 Å². The van der Waals surface area contributed by atoms with Gasteiger partial charge in [-0.2, -0.15) is 5.10 Å². The molecule has 1 amide bonds. The summed E-state index contributed by atoms with van der Waals surface area (Å²) in [5.41, 5.74) is 4.70. The van der Waals surface area contributed by atoms with Gasteiger partial charge in [-0.1, -0.05) is 18.2 Å². The van der Waals surface area contributed by atoms with Crippen molar-refractivity contribution in [3.05, 3.63) is 72.4 Å². The lowest BCUT2D eigenvalue weighted by Crippen LogP contribution is -2.14. The zero-order chi connectivity index (χ0) is 19.7. The summed E-state index contributed by atoms with van der Waals surface area (Å²) in [6, 6.07) is 18.3. The molecule has 1 aromatic heterocycles. The molecule has 4 aromatic rings. The standard InChI is InChI=1S/C22H20N4O2/c1-26(2)17-7-3-6-15(9-17)22(28)24-20-11-16(12-21-19(20)13-23-25-21)14-5-4-8-18(27)10-14/h3-13,27H,1-2H3,(H,23,25)(H,24,28). The molecule has 3 N–H and O–H groups in total. The van der Waals surface area contributed by atoms with Crippen molar-refractivity contribution < 1.29 is 9.90 Å². The second-order valence-corrected chi connectivity index (χ2v) is 6.80. The number of H-pyrrole nitrogens is 1.